The normalized spacial score (nSPS) is 25.4. The molecule has 88 valence electrons. The van der Waals surface area contributed by atoms with Gasteiger partial charge in [0.05, 0.1) is 10.2 Å². The maximum absolute atomic E-state index is 5.89. The van der Waals surface area contributed by atoms with Gasteiger partial charge in [-0.15, -0.1) is 0 Å². The fourth-order valence-corrected chi connectivity index (χ4v) is 2.56. The van der Waals surface area contributed by atoms with Gasteiger partial charge in [0.2, 0.25) is 0 Å². The number of hydrogen-bond acceptors (Lipinski definition) is 3. The van der Waals surface area contributed by atoms with Crippen LogP contribution in [0.5, 0.6) is 0 Å². The van der Waals surface area contributed by atoms with Crippen molar-refractivity contribution in [3.8, 4) is 0 Å². The highest BCUT2D eigenvalue weighted by Gasteiger charge is 2.18. The number of nitrogens with one attached hydrogen (secondary N) is 1. The topological polar surface area (TPSA) is 50.9 Å². The summed E-state index contributed by atoms with van der Waals surface area (Å²) in [6.45, 7) is 1.04. The van der Waals surface area contributed by atoms with Crippen LogP contribution < -0.4 is 11.1 Å². The van der Waals surface area contributed by atoms with Gasteiger partial charge in [0.1, 0.15) is 0 Å². The van der Waals surface area contributed by atoms with Gasteiger partial charge in [-0.1, -0.05) is 0 Å². The summed E-state index contributed by atoms with van der Waals surface area (Å²) in [5.74, 6) is 0.764. The second-order valence-corrected chi connectivity index (χ2v) is 5.37. The highest BCUT2D eigenvalue weighted by Crippen LogP contribution is 2.25. The highest BCUT2D eigenvalue weighted by atomic mass is 79.9. The van der Waals surface area contributed by atoms with Crippen LogP contribution in [0.25, 0.3) is 0 Å². The van der Waals surface area contributed by atoms with Crippen LogP contribution in [0, 0.1) is 5.92 Å². The summed E-state index contributed by atoms with van der Waals surface area (Å²) < 4.78 is 1.03. The van der Waals surface area contributed by atoms with Crippen LogP contribution in [0.15, 0.2) is 22.9 Å². The van der Waals surface area contributed by atoms with Crippen LogP contribution in [-0.4, -0.2) is 17.6 Å². The summed E-state index contributed by atoms with van der Waals surface area (Å²) in [5.41, 5.74) is 7.02. The summed E-state index contributed by atoms with van der Waals surface area (Å²) >= 11 is 3.49. The van der Waals surface area contributed by atoms with E-state index in [0.29, 0.717) is 6.04 Å². The van der Waals surface area contributed by atoms with Crippen molar-refractivity contribution < 1.29 is 0 Å². The van der Waals surface area contributed by atoms with Crippen molar-refractivity contribution in [1.29, 1.82) is 0 Å². The Morgan fingerprint density at radius 1 is 1.38 bits per heavy atom. The molecule has 0 spiro atoms. The lowest BCUT2D eigenvalue weighted by Gasteiger charge is -2.26. The standard InChI is InChI=1S/C12H18BrN3/c13-11-8-15-6-5-12(11)16-7-9-1-3-10(14)4-2-9/h5-6,8-10H,1-4,7,14H2,(H,15,16). The van der Waals surface area contributed by atoms with E-state index >= 15 is 0 Å². The predicted molar refractivity (Wildman–Crippen MR) is 70.4 cm³/mol. The zero-order valence-corrected chi connectivity index (χ0v) is 10.9. The van der Waals surface area contributed by atoms with Crippen molar-refractivity contribution in [3.63, 3.8) is 0 Å². The largest absolute Gasteiger partial charge is 0.384 e. The van der Waals surface area contributed by atoms with E-state index in [1.165, 1.54) is 25.7 Å². The number of rotatable bonds is 3. The van der Waals surface area contributed by atoms with Crippen molar-refractivity contribution in [3.05, 3.63) is 22.9 Å². The summed E-state index contributed by atoms with van der Waals surface area (Å²) in [5, 5.41) is 3.47. The second-order valence-electron chi connectivity index (χ2n) is 4.52. The Kier molecular flexibility index (Phi) is 4.18. The van der Waals surface area contributed by atoms with E-state index in [2.05, 4.69) is 26.2 Å². The summed E-state index contributed by atoms with van der Waals surface area (Å²) in [6, 6.07) is 2.43. The van der Waals surface area contributed by atoms with Crippen molar-refractivity contribution >= 4 is 21.6 Å². The molecule has 1 aromatic heterocycles. The number of hydrogen-bond donors (Lipinski definition) is 2. The van der Waals surface area contributed by atoms with Crippen LogP contribution in [0.3, 0.4) is 0 Å². The summed E-state index contributed by atoms with van der Waals surface area (Å²) in [4.78, 5) is 4.05. The average Bonchev–Trinajstić information content (AvgIpc) is 2.30. The molecule has 1 aliphatic carbocycles. The lowest BCUT2D eigenvalue weighted by Crippen LogP contribution is -2.29. The van der Waals surface area contributed by atoms with Gasteiger partial charge in [-0.25, -0.2) is 0 Å². The molecule has 2 rings (SSSR count). The van der Waals surface area contributed by atoms with E-state index in [1.54, 1.807) is 0 Å². The van der Waals surface area contributed by atoms with E-state index in [-0.39, 0.29) is 0 Å². The zero-order valence-electron chi connectivity index (χ0n) is 9.32. The average molecular weight is 284 g/mol. The summed E-state index contributed by atoms with van der Waals surface area (Å²) in [6.07, 6.45) is 8.46. The van der Waals surface area contributed by atoms with Crippen LogP contribution in [0.2, 0.25) is 0 Å². The van der Waals surface area contributed by atoms with E-state index < -0.39 is 0 Å². The quantitative estimate of drug-likeness (QED) is 0.897. The fourth-order valence-electron chi connectivity index (χ4n) is 2.17. The molecular formula is C12H18BrN3. The zero-order chi connectivity index (χ0) is 11.4. The monoisotopic (exact) mass is 283 g/mol. The Balaban J connectivity index is 1.81. The highest BCUT2D eigenvalue weighted by molar-refractivity contribution is 9.10. The SMILES string of the molecule is NC1CCC(CNc2ccncc2Br)CC1. The molecule has 0 atom stereocenters. The molecule has 1 aromatic rings. The van der Waals surface area contributed by atoms with Gasteiger partial charge >= 0.3 is 0 Å². The first-order valence-corrected chi connectivity index (χ1v) is 6.64. The molecule has 0 unspecified atom stereocenters. The predicted octanol–water partition coefficient (Wildman–Crippen LogP) is 2.77. The van der Waals surface area contributed by atoms with Crippen molar-refractivity contribution in [2.24, 2.45) is 11.7 Å². The molecule has 0 saturated heterocycles. The Bertz CT molecular complexity index is 335. The first-order chi connectivity index (χ1) is 7.75. The third kappa shape index (κ3) is 3.19. The fraction of sp³-hybridized carbons (Fsp3) is 0.583. The molecular weight excluding hydrogens is 266 g/mol. The van der Waals surface area contributed by atoms with Gasteiger partial charge in [-0.05, 0) is 53.6 Å². The Hall–Kier alpha value is -0.610. The third-order valence-corrected chi connectivity index (χ3v) is 3.88. The second kappa shape index (κ2) is 5.64. The van der Waals surface area contributed by atoms with Crippen molar-refractivity contribution in [2.75, 3.05) is 11.9 Å². The molecule has 0 bridgehead atoms. The molecule has 0 radical (unpaired) electrons. The Labute approximate surface area is 105 Å². The molecule has 1 heterocycles. The summed E-state index contributed by atoms with van der Waals surface area (Å²) in [7, 11) is 0. The molecule has 0 amide bonds. The van der Waals surface area contributed by atoms with E-state index in [1.807, 2.05) is 18.5 Å². The number of nitrogens with two attached hydrogens (primary N) is 1. The van der Waals surface area contributed by atoms with Gasteiger partial charge < -0.3 is 11.1 Å². The number of aromatic nitrogens is 1. The minimum absolute atomic E-state index is 0.434. The number of nitrogens with zero attached hydrogens (tertiary/aromatic N) is 1. The minimum Gasteiger partial charge on any atom is -0.384 e. The first kappa shape index (κ1) is 11.9. The van der Waals surface area contributed by atoms with E-state index in [0.717, 1.165) is 22.6 Å². The van der Waals surface area contributed by atoms with Crippen LogP contribution in [0.1, 0.15) is 25.7 Å². The minimum atomic E-state index is 0.434. The number of halogens is 1. The lowest BCUT2D eigenvalue weighted by molar-refractivity contribution is 0.339. The Morgan fingerprint density at radius 2 is 2.12 bits per heavy atom. The van der Waals surface area contributed by atoms with Crippen molar-refractivity contribution in [2.45, 2.75) is 31.7 Å². The molecule has 1 saturated carbocycles. The van der Waals surface area contributed by atoms with Gasteiger partial charge in [-0.3, -0.25) is 4.98 Å². The smallest absolute Gasteiger partial charge is 0.0590 e. The van der Waals surface area contributed by atoms with Crippen LogP contribution in [-0.2, 0) is 0 Å². The van der Waals surface area contributed by atoms with Crippen LogP contribution >= 0.6 is 15.9 Å². The Morgan fingerprint density at radius 3 is 2.81 bits per heavy atom. The molecule has 3 nitrogen and oxygen atoms in total. The maximum atomic E-state index is 5.89. The van der Waals surface area contributed by atoms with Crippen molar-refractivity contribution in [1.82, 2.24) is 4.98 Å². The lowest BCUT2D eigenvalue weighted by atomic mass is 9.86. The molecule has 1 aliphatic rings. The molecule has 0 aliphatic heterocycles. The van der Waals surface area contributed by atoms with Crippen LogP contribution in [0.4, 0.5) is 5.69 Å². The molecule has 16 heavy (non-hydrogen) atoms. The van der Waals surface area contributed by atoms with E-state index in [9.17, 15) is 0 Å². The number of pyridine rings is 1. The van der Waals surface area contributed by atoms with Gasteiger partial charge in [0, 0.05) is 25.0 Å². The van der Waals surface area contributed by atoms with Gasteiger partial charge in [0.15, 0.2) is 0 Å². The number of anilines is 1. The first-order valence-electron chi connectivity index (χ1n) is 5.84. The molecule has 3 N–H and O–H groups in total. The third-order valence-electron chi connectivity index (χ3n) is 3.25. The maximum Gasteiger partial charge on any atom is 0.0590 e. The van der Waals surface area contributed by atoms with Gasteiger partial charge in [0.25, 0.3) is 0 Å². The molecule has 0 aromatic carbocycles. The molecule has 1 fully saturated rings. The van der Waals surface area contributed by atoms with Gasteiger partial charge in [-0.2, -0.15) is 0 Å². The molecule has 4 heteroatoms. The van der Waals surface area contributed by atoms with E-state index in [4.69, 9.17) is 5.73 Å².